The second kappa shape index (κ2) is 9.57. The maximum Gasteiger partial charge on any atom is 0.410 e. The summed E-state index contributed by atoms with van der Waals surface area (Å²) < 4.78 is 10.6. The van der Waals surface area contributed by atoms with E-state index in [4.69, 9.17) is 9.47 Å². The smallest absolute Gasteiger partial charge is 0.410 e. The summed E-state index contributed by atoms with van der Waals surface area (Å²) in [5.41, 5.74) is 0.0993. The third-order valence-electron chi connectivity index (χ3n) is 4.84. The zero-order chi connectivity index (χ0) is 20.9. The Morgan fingerprint density at radius 2 is 1.11 bits per heavy atom. The van der Waals surface area contributed by atoms with Crippen LogP contribution in [-0.4, -0.2) is 90.0 Å². The molecule has 0 aromatic rings. The van der Waals surface area contributed by atoms with Crippen molar-refractivity contribution in [1.82, 2.24) is 14.7 Å². The van der Waals surface area contributed by atoms with E-state index in [9.17, 15) is 4.79 Å². The molecule has 0 radical (unpaired) electrons. The van der Waals surface area contributed by atoms with E-state index < -0.39 is 5.60 Å². The van der Waals surface area contributed by atoms with E-state index in [0.29, 0.717) is 5.54 Å². The first-order valence-corrected chi connectivity index (χ1v) is 10.3. The summed E-state index contributed by atoms with van der Waals surface area (Å²) in [5, 5.41) is 0. The average molecular weight is 386 g/mol. The third kappa shape index (κ3) is 9.26. The Morgan fingerprint density at radius 3 is 1.44 bits per heavy atom. The number of amides is 1. The molecule has 0 aromatic carbocycles. The van der Waals surface area contributed by atoms with Crippen molar-refractivity contribution in [1.29, 1.82) is 0 Å². The lowest BCUT2D eigenvalue weighted by Gasteiger charge is -2.42. The molecule has 0 aromatic heterocycles. The van der Waals surface area contributed by atoms with Gasteiger partial charge in [-0.05, 0) is 62.3 Å². The van der Waals surface area contributed by atoms with Gasteiger partial charge in [-0.1, -0.05) is 0 Å². The molecular formula is C21H43N3O3. The summed E-state index contributed by atoms with van der Waals surface area (Å²) in [5.74, 6) is 0. The first kappa shape index (κ1) is 24.2. The molecule has 2 saturated heterocycles. The predicted molar refractivity (Wildman–Crippen MR) is 111 cm³/mol. The molecule has 6 nitrogen and oxygen atoms in total. The Labute approximate surface area is 167 Å². The van der Waals surface area contributed by atoms with Gasteiger partial charge in [0.25, 0.3) is 0 Å². The van der Waals surface area contributed by atoms with Crippen molar-refractivity contribution < 1.29 is 14.3 Å². The number of nitrogens with zero attached hydrogens (tertiary/aromatic N) is 3. The monoisotopic (exact) mass is 385 g/mol. The van der Waals surface area contributed by atoms with Crippen LogP contribution in [0.2, 0.25) is 0 Å². The summed E-state index contributed by atoms with van der Waals surface area (Å²) in [4.78, 5) is 18.5. The molecule has 0 saturated carbocycles. The fourth-order valence-electron chi connectivity index (χ4n) is 3.12. The third-order valence-corrected chi connectivity index (χ3v) is 4.84. The van der Waals surface area contributed by atoms with E-state index in [1.54, 1.807) is 4.90 Å². The van der Waals surface area contributed by atoms with E-state index in [1.165, 1.54) is 0 Å². The maximum absolute atomic E-state index is 11.9. The standard InChI is InChI=1S/C13H26N2O2.C8H17NO/c1-12(2,3)15-9-7-14(8-10-15)11(16)17-13(4,5)6;1-8(2,3)9-4-6-10-7-5-9/h7-10H2,1-6H3;4-7H2,1-3H3. The van der Waals surface area contributed by atoms with Crippen LogP contribution in [0.3, 0.4) is 0 Å². The van der Waals surface area contributed by atoms with Gasteiger partial charge < -0.3 is 14.4 Å². The summed E-state index contributed by atoms with van der Waals surface area (Å²) in [6, 6.07) is 0. The highest BCUT2D eigenvalue weighted by Gasteiger charge is 2.30. The molecule has 2 fully saturated rings. The van der Waals surface area contributed by atoms with E-state index >= 15 is 0 Å². The van der Waals surface area contributed by atoms with Crippen molar-refractivity contribution in [2.75, 3.05) is 52.5 Å². The quantitative estimate of drug-likeness (QED) is 0.639. The van der Waals surface area contributed by atoms with Gasteiger partial charge in [-0.2, -0.15) is 0 Å². The summed E-state index contributed by atoms with van der Waals surface area (Å²) in [6.45, 7) is 26.4. The van der Waals surface area contributed by atoms with Crippen LogP contribution in [0.15, 0.2) is 0 Å². The van der Waals surface area contributed by atoms with E-state index in [1.807, 2.05) is 20.8 Å². The Hall–Kier alpha value is -0.850. The Bertz CT molecular complexity index is 447. The van der Waals surface area contributed by atoms with Gasteiger partial charge in [0.15, 0.2) is 0 Å². The molecule has 0 spiro atoms. The second-order valence-electron chi connectivity index (χ2n) is 10.4. The van der Waals surface area contributed by atoms with Crippen molar-refractivity contribution in [2.24, 2.45) is 0 Å². The predicted octanol–water partition coefficient (Wildman–Crippen LogP) is 3.45. The number of rotatable bonds is 0. The number of carbonyl (C=O) groups is 1. The van der Waals surface area contributed by atoms with Gasteiger partial charge >= 0.3 is 6.09 Å². The maximum atomic E-state index is 11.9. The van der Waals surface area contributed by atoms with Crippen molar-refractivity contribution in [3.05, 3.63) is 0 Å². The highest BCUT2D eigenvalue weighted by atomic mass is 16.6. The number of carbonyl (C=O) groups excluding carboxylic acids is 1. The highest BCUT2D eigenvalue weighted by Crippen LogP contribution is 2.17. The molecule has 2 aliphatic rings. The Morgan fingerprint density at radius 1 is 0.704 bits per heavy atom. The fourth-order valence-corrected chi connectivity index (χ4v) is 3.12. The molecule has 0 unspecified atom stereocenters. The zero-order valence-electron chi connectivity index (χ0n) is 19.2. The average Bonchev–Trinajstić information content (AvgIpc) is 2.53. The lowest BCUT2D eigenvalue weighted by molar-refractivity contribution is -0.00389. The van der Waals surface area contributed by atoms with Gasteiger partial charge in [-0.25, -0.2) is 4.79 Å². The summed E-state index contributed by atoms with van der Waals surface area (Å²) >= 11 is 0. The molecule has 6 heteroatoms. The molecule has 0 N–H and O–H groups in total. The minimum absolute atomic E-state index is 0.181. The van der Waals surface area contributed by atoms with Crippen molar-refractivity contribution in [3.63, 3.8) is 0 Å². The molecule has 0 aliphatic carbocycles. The molecule has 2 aliphatic heterocycles. The minimum Gasteiger partial charge on any atom is -0.444 e. The lowest BCUT2D eigenvalue weighted by atomic mass is 10.1. The minimum atomic E-state index is -0.405. The van der Waals surface area contributed by atoms with Crippen LogP contribution in [0.5, 0.6) is 0 Å². The van der Waals surface area contributed by atoms with Crippen molar-refractivity contribution in [2.45, 2.75) is 79.0 Å². The van der Waals surface area contributed by atoms with Crippen molar-refractivity contribution in [3.8, 4) is 0 Å². The number of morpholine rings is 1. The van der Waals surface area contributed by atoms with E-state index in [-0.39, 0.29) is 11.6 Å². The number of hydrogen-bond acceptors (Lipinski definition) is 5. The van der Waals surface area contributed by atoms with Gasteiger partial charge in [0.1, 0.15) is 5.60 Å². The second-order valence-corrected chi connectivity index (χ2v) is 10.4. The normalized spacial score (nSPS) is 20.7. The molecule has 2 heterocycles. The Kier molecular flexibility index (Phi) is 8.57. The highest BCUT2D eigenvalue weighted by molar-refractivity contribution is 5.68. The van der Waals surface area contributed by atoms with E-state index in [0.717, 1.165) is 52.5 Å². The number of ether oxygens (including phenoxy) is 2. The molecule has 0 atom stereocenters. The van der Waals surface area contributed by atoms with Gasteiger partial charge in [0.05, 0.1) is 13.2 Å². The van der Waals surface area contributed by atoms with Gasteiger partial charge in [0, 0.05) is 50.3 Å². The summed E-state index contributed by atoms with van der Waals surface area (Å²) in [7, 11) is 0. The van der Waals surface area contributed by atoms with Gasteiger partial charge in [-0.15, -0.1) is 0 Å². The topological polar surface area (TPSA) is 45.3 Å². The number of piperazine rings is 1. The molecule has 1 amide bonds. The molecule has 0 bridgehead atoms. The van der Waals surface area contributed by atoms with Gasteiger partial charge in [-0.3, -0.25) is 9.80 Å². The first-order chi connectivity index (χ1) is 12.2. The molecular weight excluding hydrogens is 342 g/mol. The summed E-state index contributed by atoms with van der Waals surface area (Å²) in [6.07, 6.45) is -0.189. The molecule has 27 heavy (non-hydrogen) atoms. The van der Waals surface area contributed by atoms with Crippen LogP contribution in [0.4, 0.5) is 4.79 Å². The zero-order valence-corrected chi connectivity index (χ0v) is 19.2. The van der Waals surface area contributed by atoms with Crippen LogP contribution in [0, 0.1) is 0 Å². The molecule has 2 rings (SSSR count). The van der Waals surface area contributed by atoms with Gasteiger partial charge in [0.2, 0.25) is 0 Å². The van der Waals surface area contributed by atoms with E-state index in [2.05, 4.69) is 51.3 Å². The van der Waals surface area contributed by atoms with Crippen LogP contribution >= 0.6 is 0 Å². The van der Waals surface area contributed by atoms with Crippen LogP contribution in [0.1, 0.15) is 62.3 Å². The number of hydrogen-bond donors (Lipinski definition) is 0. The largest absolute Gasteiger partial charge is 0.444 e. The van der Waals surface area contributed by atoms with Crippen LogP contribution in [0.25, 0.3) is 0 Å². The van der Waals surface area contributed by atoms with Crippen LogP contribution < -0.4 is 0 Å². The lowest BCUT2D eigenvalue weighted by Crippen LogP contribution is -2.55. The SMILES string of the molecule is CC(C)(C)N1CCOCC1.CC(C)(C)OC(=O)N1CCN(C(C)(C)C)CC1. The Balaban J connectivity index is 0.000000309. The van der Waals surface area contributed by atoms with Crippen molar-refractivity contribution >= 4 is 6.09 Å². The fraction of sp³-hybridized carbons (Fsp3) is 0.952. The molecule has 160 valence electrons. The first-order valence-electron chi connectivity index (χ1n) is 10.3. The van der Waals surface area contributed by atoms with Crippen LogP contribution in [-0.2, 0) is 9.47 Å².